The molecule has 1 aliphatic heterocycles. The van der Waals surface area contributed by atoms with Gasteiger partial charge in [-0.25, -0.2) is 0 Å². The molecule has 0 N–H and O–H groups in total. The molecule has 0 amide bonds. The molecule has 1 aliphatic carbocycles. The molecular formula is C17H27N. The van der Waals surface area contributed by atoms with Crippen molar-refractivity contribution >= 4 is 5.71 Å². The van der Waals surface area contributed by atoms with Crippen LogP contribution >= 0.6 is 0 Å². The van der Waals surface area contributed by atoms with Gasteiger partial charge in [-0.05, 0) is 17.6 Å². The first-order chi connectivity index (χ1) is 8.07. The SMILES string of the molecule is CC(C)(C)C.CC(C)(C)C1=CC2C=CC=CC2=N1. The minimum atomic E-state index is 0.173. The lowest BCUT2D eigenvalue weighted by molar-refractivity contribution is 0.469. The third kappa shape index (κ3) is 5.03. The standard InChI is InChI=1S/C12H15N.C5H12/c1-12(2,3)11-8-9-6-4-5-7-10(9)13-11;1-5(2,3)4/h4-9H,1-3H3;1-4H3. The van der Waals surface area contributed by atoms with Crippen LogP contribution in [0.25, 0.3) is 0 Å². The van der Waals surface area contributed by atoms with Crippen LogP contribution in [0.1, 0.15) is 48.5 Å². The molecule has 0 aromatic rings. The zero-order chi connectivity index (χ0) is 14.0. The molecule has 1 nitrogen and oxygen atoms in total. The maximum Gasteiger partial charge on any atom is 0.0514 e. The third-order valence-corrected chi connectivity index (χ3v) is 2.39. The predicted octanol–water partition coefficient (Wildman–Crippen LogP) is 5.17. The van der Waals surface area contributed by atoms with Crippen LogP contribution in [0, 0.1) is 16.7 Å². The van der Waals surface area contributed by atoms with Gasteiger partial charge in [-0.15, -0.1) is 0 Å². The fourth-order valence-electron chi connectivity index (χ4n) is 1.56. The highest BCUT2D eigenvalue weighted by Crippen LogP contribution is 2.33. The number of aliphatic imine (C=N–C) groups is 1. The normalized spacial score (nSPS) is 21.8. The summed E-state index contributed by atoms with van der Waals surface area (Å²) in [5.41, 5.74) is 3.07. The number of rotatable bonds is 0. The Morgan fingerprint density at radius 1 is 0.944 bits per heavy atom. The first-order valence-electron chi connectivity index (χ1n) is 6.73. The van der Waals surface area contributed by atoms with E-state index in [2.05, 4.69) is 83.8 Å². The molecule has 100 valence electrons. The summed E-state index contributed by atoms with van der Waals surface area (Å²) in [6.45, 7) is 15.4. The van der Waals surface area contributed by atoms with Crippen molar-refractivity contribution in [3.8, 4) is 0 Å². The number of fused-ring (bicyclic) bond motifs is 1. The van der Waals surface area contributed by atoms with Crippen LogP contribution in [0.5, 0.6) is 0 Å². The first-order valence-corrected chi connectivity index (χ1v) is 6.73. The van der Waals surface area contributed by atoms with Crippen molar-refractivity contribution in [2.75, 3.05) is 0 Å². The van der Waals surface area contributed by atoms with E-state index in [1.54, 1.807) is 0 Å². The molecule has 0 saturated heterocycles. The lowest BCUT2D eigenvalue weighted by Gasteiger charge is -2.16. The summed E-state index contributed by atoms with van der Waals surface area (Å²) in [7, 11) is 0. The number of nitrogens with zero attached hydrogens (tertiary/aromatic N) is 1. The molecule has 1 heterocycles. The smallest absolute Gasteiger partial charge is 0.0514 e. The van der Waals surface area contributed by atoms with Crippen LogP contribution in [0.2, 0.25) is 0 Å². The van der Waals surface area contributed by atoms with Gasteiger partial charge in [-0.2, -0.15) is 0 Å². The second kappa shape index (κ2) is 5.26. The zero-order valence-corrected chi connectivity index (χ0v) is 12.9. The van der Waals surface area contributed by atoms with Gasteiger partial charge in [0.05, 0.1) is 5.71 Å². The van der Waals surface area contributed by atoms with E-state index in [9.17, 15) is 0 Å². The average Bonchev–Trinajstić information content (AvgIpc) is 2.57. The third-order valence-electron chi connectivity index (χ3n) is 2.39. The van der Waals surface area contributed by atoms with Crippen molar-refractivity contribution in [3.05, 3.63) is 36.1 Å². The topological polar surface area (TPSA) is 12.4 Å². The molecule has 2 rings (SSSR count). The minimum Gasteiger partial charge on any atom is -0.257 e. The van der Waals surface area contributed by atoms with E-state index in [0.717, 1.165) is 0 Å². The summed E-state index contributed by atoms with van der Waals surface area (Å²) < 4.78 is 0. The predicted molar refractivity (Wildman–Crippen MR) is 81.9 cm³/mol. The lowest BCUT2D eigenvalue weighted by atomic mass is 9.91. The molecule has 1 atom stereocenters. The summed E-state index contributed by atoms with van der Waals surface area (Å²) in [6, 6.07) is 0. The zero-order valence-electron chi connectivity index (χ0n) is 12.9. The van der Waals surface area contributed by atoms with Crippen LogP contribution in [0.4, 0.5) is 0 Å². The first kappa shape index (κ1) is 14.9. The molecule has 0 saturated carbocycles. The van der Waals surface area contributed by atoms with E-state index < -0.39 is 0 Å². The second-order valence-electron chi connectivity index (χ2n) is 7.61. The number of hydrogen-bond acceptors (Lipinski definition) is 1. The van der Waals surface area contributed by atoms with E-state index in [4.69, 9.17) is 0 Å². The Kier molecular flexibility index (Phi) is 4.37. The van der Waals surface area contributed by atoms with Gasteiger partial charge in [-0.1, -0.05) is 66.7 Å². The number of hydrogen-bond donors (Lipinski definition) is 0. The summed E-state index contributed by atoms with van der Waals surface area (Å²) >= 11 is 0. The van der Waals surface area contributed by atoms with Crippen molar-refractivity contribution in [1.29, 1.82) is 0 Å². The van der Waals surface area contributed by atoms with Crippen molar-refractivity contribution in [2.24, 2.45) is 21.7 Å². The Hall–Kier alpha value is -1.11. The molecule has 0 bridgehead atoms. The fraction of sp³-hybridized carbons (Fsp3) is 0.588. The maximum absolute atomic E-state index is 4.62. The summed E-state index contributed by atoms with van der Waals surface area (Å²) in [5.74, 6) is 0.430. The highest BCUT2D eigenvalue weighted by Gasteiger charge is 2.25. The van der Waals surface area contributed by atoms with Gasteiger partial charge < -0.3 is 0 Å². The molecule has 1 heteroatoms. The van der Waals surface area contributed by atoms with Gasteiger partial charge >= 0.3 is 0 Å². The van der Waals surface area contributed by atoms with E-state index in [-0.39, 0.29) is 5.41 Å². The quantitative estimate of drug-likeness (QED) is 0.558. The van der Waals surface area contributed by atoms with E-state index in [1.165, 1.54) is 11.4 Å². The second-order valence-corrected chi connectivity index (χ2v) is 7.61. The molecule has 1 unspecified atom stereocenters. The molecule has 0 fully saturated rings. The maximum atomic E-state index is 4.62. The Morgan fingerprint density at radius 3 is 1.94 bits per heavy atom. The van der Waals surface area contributed by atoms with Crippen LogP contribution in [-0.4, -0.2) is 5.71 Å². The number of allylic oxidation sites excluding steroid dienone is 6. The molecule has 0 spiro atoms. The minimum absolute atomic E-state index is 0.173. The van der Waals surface area contributed by atoms with E-state index >= 15 is 0 Å². The van der Waals surface area contributed by atoms with Crippen LogP contribution in [0.3, 0.4) is 0 Å². The average molecular weight is 245 g/mol. The van der Waals surface area contributed by atoms with Crippen molar-refractivity contribution in [3.63, 3.8) is 0 Å². The Balaban J connectivity index is 0.000000280. The van der Waals surface area contributed by atoms with Gasteiger partial charge in [0.2, 0.25) is 0 Å². The van der Waals surface area contributed by atoms with Crippen molar-refractivity contribution in [1.82, 2.24) is 0 Å². The van der Waals surface area contributed by atoms with Gasteiger partial charge in [-0.3, -0.25) is 4.99 Å². The lowest BCUT2D eigenvalue weighted by Crippen LogP contribution is -2.06. The van der Waals surface area contributed by atoms with Crippen LogP contribution < -0.4 is 0 Å². The summed E-state index contributed by atoms with van der Waals surface area (Å²) in [4.78, 5) is 4.62. The molecule has 2 aliphatic rings. The summed E-state index contributed by atoms with van der Waals surface area (Å²) in [6.07, 6.45) is 10.7. The van der Waals surface area contributed by atoms with Crippen LogP contribution in [-0.2, 0) is 0 Å². The Labute approximate surface area is 112 Å². The molecule has 0 aromatic carbocycles. The molecule has 0 aromatic heterocycles. The van der Waals surface area contributed by atoms with Gasteiger partial charge in [0.1, 0.15) is 0 Å². The van der Waals surface area contributed by atoms with Gasteiger partial charge in [0.15, 0.2) is 0 Å². The van der Waals surface area contributed by atoms with Gasteiger partial charge in [0.25, 0.3) is 0 Å². The Morgan fingerprint density at radius 2 is 1.50 bits per heavy atom. The molecular weight excluding hydrogens is 218 g/mol. The van der Waals surface area contributed by atoms with Gasteiger partial charge in [0, 0.05) is 17.0 Å². The fourth-order valence-corrected chi connectivity index (χ4v) is 1.56. The molecule has 0 radical (unpaired) electrons. The highest BCUT2D eigenvalue weighted by molar-refractivity contribution is 6.02. The monoisotopic (exact) mass is 245 g/mol. The van der Waals surface area contributed by atoms with E-state index in [1.807, 2.05) is 0 Å². The largest absolute Gasteiger partial charge is 0.257 e. The van der Waals surface area contributed by atoms with Crippen molar-refractivity contribution in [2.45, 2.75) is 48.5 Å². The van der Waals surface area contributed by atoms with Crippen LogP contribution in [0.15, 0.2) is 41.1 Å². The van der Waals surface area contributed by atoms with Crippen molar-refractivity contribution < 1.29 is 0 Å². The Bertz CT molecular complexity index is 400. The van der Waals surface area contributed by atoms with E-state index in [0.29, 0.717) is 11.3 Å². The highest BCUT2D eigenvalue weighted by atomic mass is 14.8. The summed E-state index contributed by atoms with van der Waals surface area (Å²) in [5, 5.41) is 0. The molecule has 18 heavy (non-hydrogen) atoms.